The molecule has 0 bridgehead atoms. The first-order valence-corrected chi connectivity index (χ1v) is 22.1. The van der Waals surface area contributed by atoms with E-state index in [1.807, 2.05) is 0 Å². The number of nitrogens with zero attached hydrogens (tertiary/aromatic N) is 9. The Morgan fingerprint density at radius 2 is 0.548 bits per heavy atom. The van der Waals surface area contributed by atoms with Gasteiger partial charge in [0.1, 0.15) is 24.7 Å². The highest BCUT2D eigenvalue weighted by molar-refractivity contribution is 5.94. The van der Waals surface area contributed by atoms with Crippen molar-refractivity contribution in [3.63, 3.8) is 0 Å². The molecular formula is C42H68N12O19. The lowest BCUT2D eigenvalue weighted by Crippen LogP contribution is -2.49. The van der Waals surface area contributed by atoms with E-state index in [-0.39, 0.29) is 6.42 Å². The summed E-state index contributed by atoms with van der Waals surface area (Å²) < 4.78 is 0. The van der Waals surface area contributed by atoms with Crippen LogP contribution in [-0.2, 0) is 71.9 Å². The molecule has 0 fully saturated rings. The second-order valence-corrected chi connectivity index (χ2v) is 17.1. The summed E-state index contributed by atoms with van der Waals surface area (Å²) in [5.41, 5.74) is 5.33. The molecule has 0 saturated heterocycles. The number of amides is 11. The summed E-state index contributed by atoms with van der Waals surface area (Å²) in [7, 11) is 11.4. The molecule has 0 aromatic carbocycles. The van der Waals surface area contributed by atoms with E-state index in [0.29, 0.717) is 0 Å². The molecule has 0 heterocycles. The normalized spacial score (nSPS) is 11.8. The summed E-state index contributed by atoms with van der Waals surface area (Å²) in [4.78, 5) is 193. The molecule has 11 amide bonds. The van der Waals surface area contributed by atoms with Gasteiger partial charge in [0, 0.05) is 82.7 Å². The van der Waals surface area contributed by atoms with Crippen LogP contribution in [-0.4, -0.2) is 294 Å². The molecule has 0 aliphatic carbocycles. The third kappa shape index (κ3) is 25.1. The van der Waals surface area contributed by atoms with Crippen molar-refractivity contribution >= 4 is 88.9 Å². The van der Waals surface area contributed by atoms with Crippen LogP contribution in [0.3, 0.4) is 0 Å². The Balaban J connectivity index is 4.99. The lowest BCUT2D eigenvalue weighted by atomic mass is 10.1. The minimum atomic E-state index is -1.61. The fourth-order valence-corrected chi connectivity index (χ4v) is 5.78. The Morgan fingerprint density at radius 3 is 0.781 bits per heavy atom. The van der Waals surface area contributed by atoms with Gasteiger partial charge in [-0.3, -0.25) is 62.3 Å². The highest BCUT2D eigenvalue weighted by atomic mass is 16.4. The Morgan fingerprint density at radius 1 is 0.329 bits per heavy atom. The Kier molecular flexibility index (Phi) is 27.9. The summed E-state index contributed by atoms with van der Waals surface area (Å²) in [6, 6.07) is -4.55. The molecule has 410 valence electrons. The third-order valence-corrected chi connectivity index (χ3v) is 10.8. The topological polar surface area (TPSA) is 416 Å². The highest BCUT2D eigenvalue weighted by Gasteiger charge is 2.28. The molecular weight excluding hydrogens is 977 g/mol. The van der Waals surface area contributed by atoms with E-state index in [0.717, 1.165) is 44.1 Å². The SMILES string of the molecule is CN(CC(=O)O)C(=O)CN(C)C(=O)CN(C)C(=O)CN(C)C(=O)CN(C)C(=O)CN(C)C(=O)CN(C)C(=O)CN(C)C(=O)CN(C)C(=O)CC[C@H](NC(=O)CC[C@H](NC(=O)CC[C@H](N)C(=O)O)C(=O)O)C(=O)O. The predicted octanol–water partition coefficient (Wildman–Crippen LogP) is -6.91. The van der Waals surface area contributed by atoms with Gasteiger partial charge in [0.25, 0.3) is 0 Å². The van der Waals surface area contributed by atoms with E-state index in [4.69, 9.17) is 15.9 Å². The number of rotatable bonds is 32. The molecule has 0 aliphatic rings. The predicted molar refractivity (Wildman–Crippen MR) is 249 cm³/mol. The van der Waals surface area contributed by atoms with E-state index >= 15 is 0 Å². The Labute approximate surface area is 420 Å². The van der Waals surface area contributed by atoms with E-state index in [2.05, 4.69) is 10.6 Å². The molecule has 8 N–H and O–H groups in total. The summed E-state index contributed by atoms with van der Waals surface area (Å²) in [5, 5.41) is 41.0. The van der Waals surface area contributed by atoms with Gasteiger partial charge in [-0.25, -0.2) is 9.59 Å². The number of hydrogen-bond donors (Lipinski definition) is 7. The second-order valence-electron chi connectivity index (χ2n) is 17.1. The molecule has 0 spiro atoms. The van der Waals surface area contributed by atoms with Gasteiger partial charge in [0.15, 0.2) is 0 Å². The van der Waals surface area contributed by atoms with E-state index in [1.54, 1.807) is 0 Å². The van der Waals surface area contributed by atoms with E-state index in [9.17, 15) is 82.1 Å². The number of hydrogen-bond acceptors (Lipinski definition) is 16. The average Bonchev–Trinajstić information content (AvgIpc) is 3.29. The molecule has 73 heavy (non-hydrogen) atoms. The fourth-order valence-electron chi connectivity index (χ4n) is 5.78. The number of carboxylic acid groups (broad SMARTS) is 4. The first-order chi connectivity index (χ1) is 33.7. The Bertz CT molecular complexity index is 2090. The maximum Gasteiger partial charge on any atom is 0.326 e. The molecule has 0 aliphatic heterocycles. The number of carboxylic acids is 4. The monoisotopic (exact) mass is 1040 g/mol. The summed E-state index contributed by atoms with van der Waals surface area (Å²) >= 11 is 0. The highest BCUT2D eigenvalue weighted by Crippen LogP contribution is 2.07. The van der Waals surface area contributed by atoms with Crippen LogP contribution in [0.25, 0.3) is 0 Å². The quantitative estimate of drug-likeness (QED) is 0.0329. The van der Waals surface area contributed by atoms with Crippen LogP contribution in [0.1, 0.15) is 38.5 Å². The molecule has 3 atom stereocenters. The first-order valence-electron chi connectivity index (χ1n) is 22.1. The third-order valence-electron chi connectivity index (χ3n) is 10.8. The maximum absolute atomic E-state index is 12.9. The molecule has 0 aromatic rings. The van der Waals surface area contributed by atoms with Gasteiger partial charge in [0.2, 0.25) is 65.0 Å². The molecule has 0 aromatic heterocycles. The lowest BCUT2D eigenvalue weighted by molar-refractivity contribution is -0.147. The molecule has 0 unspecified atom stereocenters. The van der Waals surface area contributed by atoms with Gasteiger partial charge in [-0.2, -0.15) is 0 Å². The van der Waals surface area contributed by atoms with Gasteiger partial charge in [-0.1, -0.05) is 0 Å². The van der Waals surface area contributed by atoms with Crippen molar-refractivity contribution in [2.45, 2.75) is 56.7 Å². The van der Waals surface area contributed by atoms with Crippen LogP contribution < -0.4 is 16.4 Å². The van der Waals surface area contributed by atoms with Crippen LogP contribution in [0, 0.1) is 0 Å². The number of nitrogens with two attached hydrogens (primary N) is 1. The van der Waals surface area contributed by atoms with Crippen molar-refractivity contribution in [1.82, 2.24) is 54.7 Å². The van der Waals surface area contributed by atoms with Crippen molar-refractivity contribution in [3.05, 3.63) is 0 Å². The molecule has 31 heteroatoms. The van der Waals surface area contributed by atoms with Crippen molar-refractivity contribution in [2.24, 2.45) is 5.73 Å². The van der Waals surface area contributed by atoms with Crippen LogP contribution in [0.5, 0.6) is 0 Å². The van der Waals surface area contributed by atoms with Gasteiger partial charge >= 0.3 is 23.9 Å². The fraction of sp³-hybridized carbons (Fsp3) is 0.643. The van der Waals surface area contributed by atoms with Crippen molar-refractivity contribution in [1.29, 1.82) is 0 Å². The van der Waals surface area contributed by atoms with Crippen LogP contribution in [0.15, 0.2) is 0 Å². The van der Waals surface area contributed by atoms with Crippen LogP contribution in [0.4, 0.5) is 0 Å². The molecule has 0 radical (unpaired) electrons. The second kappa shape index (κ2) is 31.4. The maximum atomic E-state index is 12.9. The number of carbonyl (C=O) groups excluding carboxylic acids is 11. The summed E-state index contributed by atoms with van der Waals surface area (Å²) in [6.07, 6.45) is -2.65. The first kappa shape index (κ1) is 65.0. The smallest absolute Gasteiger partial charge is 0.326 e. The van der Waals surface area contributed by atoms with Gasteiger partial charge in [0.05, 0.1) is 52.4 Å². The molecule has 0 saturated carbocycles. The minimum Gasteiger partial charge on any atom is -0.480 e. The van der Waals surface area contributed by atoms with E-state index < -0.39 is 198 Å². The molecule has 31 nitrogen and oxygen atoms in total. The van der Waals surface area contributed by atoms with Gasteiger partial charge in [-0.05, 0) is 19.3 Å². The standard InChI is InChI=1S/C42H68N12O19/c1-46(30(57)15-12-27(42(72)73)45-29(56)14-11-26(41(70)71)44-28(55)13-10-25(43)40(68)69)16-31(58)47(2)17-32(59)48(3)18-33(60)49(4)19-34(61)50(5)20-35(62)51(6)21-36(63)52(7)22-37(64)53(8)23-38(65)54(9)24-39(66)67/h25-27H,10-24,43H2,1-9H3,(H,44,55)(H,45,56)(H,66,67)(H,68,69)(H,70,71)(H,72,73)/t25-,26-,27-/m0/s1. The zero-order valence-corrected chi connectivity index (χ0v) is 42.4. The molecule has 0 rings (SSSR count). The van der Waals surface area contributed by atoms with Gasteiger partial charge in [-0.15, -0.1) is 0 Å². The zero-order valence-electron chi connectivity index (χ0n) is 42.4. The van der Waals surface area contributed by atoms with Crippen LogP contribution in [0.2, 0.25) is 0 Å². The van der Waals surface area contributed by atoms with Crippen molar-refractivity contribution < 1.29 is 92.3 Å². The van der Waals surface area contributed by atoms with Gasteiger partial charge < -0.3 is 80.9 Å². The van der Waals surface area contributed by atoms with Crippen LogP contribution >= 0.6 is 0 Å². The number of likely N-dealkylation sites (N-methyl/N-ethyl adjacent to an activating group) is 9. The van der Waals surface area contributed by atoms with Crippen molar-refractivity contribution in [2.75, 3.05) is 122 Å². The zero-order chi connectivity index (χ0) is 56.6. The summed E-state index contributed by atoms with van der Waals surface area (Å²) in [6.45, 7) is -4.66. The lowest BCUT2D eigenvalue weighted by Gasteiger charge is -2.27. The van der Waals surface area contributed by atoms with E-state index in [1.165, 1.54) is 63.4 Å². The number of nitrogens with one attached hydrogen (secondary N) is 2. The summed E-state index contributed by atoms with van der Waals surface area (Å²) in [5.74, 6) is -13.6. The number of carbonyl (C=O) groups is 15. The largest absolute Gasteiger partial charge is 0.480 e. The number of aliphatic carboxylic acids is 4. The minimum absolute atomic E-state index is 0.285. The Hall–Kier alpha value is -7.99. The average molecular weight is 1050 g/mol. The van der Waals surface area contributed by atoms with Crippen molar-refractivity contribution in [3.8, 4) is 0 Å².